The smallest absolute Gasteiger partial charge is 0.335 e. The molecule has 0 aliphatic carbocycles. The van der Waals surface area contributed by atoms with Gasteiger partial charge in [-0.3, -0.25) is 9.59 Å². The van der Waals surface area contributed by atoms with E-state index in [9.17, 15) is 14.4 Å². The highest BCUT2D eigenvalue weighted by atomic mass is 16.5. The van der Waals surface area contributed by atoms with Crippen LogP contribution in [0, 0.1) is 0 Å². The molecule has 0 heterocycles. The van der Waals surface area contributed by atoms with Gasteiger partial charge in [-0.25, -0.2) is 4.79 Å². The van der Waals surface area contributed by atoms with Crippen LogP contribution in [-0.4, -0.2) is 50.2 Å². The van der Waals surface area contributed by atoms with Crippen molar-refractivity contribution < 1.29 is 29.0 Å². The number of ether oxygens (including phenoxy) is 2. The van der Waals surface area contributed by atoms with Gasteiger partial charge < -0.3 is 25.2 Å². The lowest BCUT2D eigenvalue weighted by Gasteiger charge is -2.18. The Bertz CT molecular complexity index is 881. The number of hydrogen-bond acceptors (Lipinski definition) is 5. The van der Waals surface area contributed by atoms with Crippen LogP contribution in [-0.2, 0) is 11.2 Å². The molecule has 0 fully saturated rings. The Morgan fingerprint density at radius 2 is 1.71 bits per heavy atom. The predicted molar refractivity (Wildman–Crippen MR) is 102 cm³/mol. The van der Waals surface area contributed by atoms with Crippen LogP contribution in [0.1, 0.15) is 26.3 Å². The number of nitrogens with one attached hydrogen (secondary N) is 2. The molecule has 0 saturated heterocycles. The number of amides is 2. The van der Waals surface area contributed by atoms with Gasteiger partial charge in [0.2, 0.25) is 5.91 Å². The van der Waals surface area contributed by atoms with E-state index in [2.05, 4.69) is 10.6 Å². The average molecular weight is 386 g/mol. The molecule has 8 heteroatoms. The Kier molecular flexibility index (Phi) is 6.97. The van der Waals surface area contributed by atoms with Gasteiger partial charge in [0.05, 0.1) is 19.8 Å². The number of likely N-dealkylation sites (N-methyl/N-ethyl adjacent to an activating group) is 1. The summed E-state index contributed by atoms with van der Waals surface area (Å²) in [5.41, 5.74) is 1.02. The highest BCUT2D eigenvalue weighted by molar-refractivity contribution is 5.98. The molecule has 0 aliphatic heterocycles. The molecule has 0 aromatic heterocycles. The number of rotatable bonds is 8. The zero-order valence-corrected chi connectivity index (χ0v) is 15.8. The average Bonchev–Trinajstić information content (AvgIpc) is 2.72. The van der Waals surface area contributed by atoms with Crippen LogP contribution >= 0.6 is 0 Å². The van der Waals surface area contributed by atoms with Gasteiger partial charge in [-0.2, -0.15) is 0 Å². The fourth-order valence-electron chi connectivity index (χ4n) is 2.67. The Morgan fingerprint density at radius 1 is 1.00 bits per heavy atom. The third-order valence-electron chi connectivity index (χ3n) is 4.13. The monoisotopic (exact) mass is 386 g/mol. The second kappa shape index (κ2) is 9.40. The summed E-state index contributed by atoms with van der Waals surface area (Å²) in [5.74, 6) is -1.06. The lowest BCUT2D eigenvalue weighted by Crippen LogP contribution is -2.47. The first-order chi connectivity index (χ1) is 13.4. The minimum atomic E-state index is -1.06. The molecule has 2 amide bonds. The topological polar surface area (TPSA) is 114 Å². The van der Waals surface area contributed by atoms with Gasteiger partial charge in [0.1, 0.15) is 6.04 Å². The van der Waals surface area contributed by atoms with Crippen LogP contribution in [0.5, 0.6) is 11.5 Å². The third-order valence-corrected chi connectivity index (χ3v) is 4.13. The zero-order chi connectivity index (χ0) is 20.7. The van der Waals surface area contributed by atoms with Crippen molar-refractivity contribution in [2.24, 2.45) is 0 Å². The van der Waals surface area contributed by atoms with Gasteiger partial charge in [-0.05, 0) is 35.9 Å². The molecule has 0 saturated carbocycles. The molecule has 0 spiro atoms. The van der Waals surface area contributed by atoms with Crippen LogP contribution in [0.25, 0.3) is 0 Å². The van der Waals surface area contributed by atoms with E-state index in [4.69, 9.17) is 14.6 Å². The van der Waals surface area contributed by atoms with Gasteiger partial charge in [0.25, 0.3) is 5.91 Å². The molecule has 0 bridgehead atoms. The fourth-order valence-corrected chi connectivity index (χ4v) is 2.67. The van der Waals surface area contributed by atoms with Gasteiger partial charge in [-0.1, -0.05) is 12.1 Å². The Hall–Kier alpha value is -3.55. The highest BCUT2D eigenvalue weighted by Crippen LogP contribution is 2.27. The van der Waals surface area contributed by atoms with Gasteiger partial charge in [0.15, 0.2) is 11.5 Å². The molecule has 2 rings (SSSR count). The lowest BCUT2D eigenvalue weighted by atomic mass is 10.0. The van der Waals surface area contributed by atoms with Crippen LogP contribution in [0.15, 0.2) is 42.5 Å². The maximum absolute atomic E-state index is 12.6. The Balaban J connectivity index is 2.22. The molecule has 28 heavy (non-hydrogen) atoms. The van der Waals surface area contributed by atoms with Crippen molar-refractivity contribution >= 4 is 17.8 Å². The predicted octanol–water partition coefficient (Wildman–Crippen LogP) is 1.49. The Labute approximate surface area is 162 Å². The van der Waals surface area contributed by atoms with E-state index in [1.165, 1.54) is 39.5 Å². The highest BCUT2D eigenvalue weighted by Gasteiger charge is 2.22. The second-order valence-electron chi connectivity index (χ2n) is 5.92. The quantitative estimate of drug-likeness (QED) is 0.633. The summed E-state index contributed by atoms with van der Waals surface area (Å²) in [6, 6.07) is 10.0. The van der Waals surface area contributed by atoms with Crippen LogP contribution in [0.4, 0.5) is 0 Å². The van der Waals surface area contributed by atoms with E-state index in [0.717, 1.165) is 0 Å². The SMILES string of the molecule is CNC(=O)[C@@H](Cc1cccc(C(=O)O)c1)NC(=O)c1ccc(OC)c(OC)c1. The number of carbonyl (C=O) groups is 3. The normalized spacial score (nSPS) is 11.2. The summed E-state index contributed by atoms with van der Waals surface area (Å²) in [6.45, 7) is 0. The van der Waals surface area contributed by atoms with E-state index < -0.39 is 23.8 Å². The van der Waals surface area contributed by atoms with Gasteiger partial charge >= 0.3 is 5.97 Å². The number of carboxylic acid groups (broad SMARTS) is 1. The summed E-state index contributed by atoms with van der Waals surface area (Å²) in [5, 5.41) is 14.3. The second-order valence-corrected chi connectivity index (χ2v) is 5.92. The van der Waals surface area contributed by atoms with Crippen LogP contribution in [0.3, 0.4) is 0 Å². The Morgan fingerprint density at radius 3 is 2.32 bits per heavy atom. The maximum Gasteiger partial charge on any atom is 0.335 e. The summed E-state index contributed by atoms with van der Waals surface area (Å²) < 4.78 is 10.3. The molecule has 148 valence electrons. The zero-order valence-electron chi connectivity index (χ0n) is 15.8. The summed E-state index contributed by atoms with van der Waals surface area (Å²) in [6.07, 6.45) is 0.139. The number of carbonyl (C=O) groups excluding carboxylic acids is 2. The van der Waals surface area contributed by atoms with Crippen molar-refractivity contribution in [2.75, 3.05) is 21.3 Å². The van der Waals surface area contributed by atoms with Gasteiger partial charge in [-0.15, -0.1) is 0 Å². The van der Waals surface area contributed by atoms with E-state index in [1.54, 1.807) is 24.3 Å². The van der Waals surface area contributed by atoms with Crippen molar-refractivity contribution in [3.8, 4) is 11.5 Å². The number of methoxy groups -OCH3 is 2. The van der Waals surface area contributed by atoms with Crippen molar-refractivity contribution in [3.05, 3.63) is 59.2 Å². The van der Waals surface area contributed by atoms with E-state index in [1.807, 2.05) is 0 Å². The largest absolute Gasteiger partial charge is 0.493 e. The molecule has 2 aromatic rings. The summed E-state index contributed by atoms with van der Waals surface area (Å²) in [7, 11) is 4.42. The van der Waals surface area contributed by atoms with Crippen molar-refractivity contribution in [3.63, 3.8) is 0 Å². The number of carboxylic acids is 1. The number of benzene rings is 2. The molecule has 1 atom stereocenters. The lowest BCUT2D eigenvalue weighted by molar-refractivity contribution is -0.122. The third kappa shape index (κ3) is 5.00. The van der Waals surface area contributed by atoms with E-state index in [0.29, 0.717) is 22.6 Å². The molecular formula is C20H22N2O6. The fraction of sp³-hybridized carbons (Fsp3) is 0.250. The summed E-state index contributed by atoms with van der Waals surface area (Å²) in [4.78, 5) is 36.0. The first-order valence-corrected chi connectivity index (χ1v) is 8.46. The first-order valence-electron chi connectivity index (χ1n) is 8.46. The molecule has 0 unspecified atom stereocenters. The van der Waals surface area contributed by atoms with Gasteiger partial charge in [0, 0.05) is 19.0 Å². The molecule has 3 N–H and O–H groups in total. The number of hydrogen-bond donors (Lipinski definition) is 3. The van der Waals surface area contributed by atoms with Crippen LogP contribution < -0.4 is 20.1 Å². The minimum Gasteiger partial charge on any atom is -0.493 e. The van der Waals surface area contributed by atoms with Crippen molar-refractivity contribution in [1.29, 1.82) is 0 Å². The molecule has 0 radical (unpaired) electrons. The van der Waals surface area contributed by atoms with Crippen molar-refractivity contribution in [2.45, 2.75) is 12.5 Å². The minimum absolute atomic E-state index is 0.111. The van der Waals surface area contributed by atoms with Crippen molar-refractivity contribution in [1.82, 2.24) is 10.6 Å². The molecular weight excluding hydrogens is 364 g/mol. The molecule has 2 aromatic carbocycles. The van der Waals surface area contributed by atoms with E-state index >= 15 is 0 Å². The first kappa shape index (κ1) is 20.8. The molecule has 8 nitrogen and oxygen atoms in total. The number of aromatic carboxylic acids is 1. The molecule has 0 aliphatic rings. The maximum atomic E-state index is 12.6. The van der Waals surface area contributed by atoms with E-state index in [-0.39, 0.29) is 12.0 Å². The standard InChI is InChI=1S/C20H22N2O6/c1-21-19(24)15(10-12-5-4-6-14(9-12)20(25)26)22-18(23)13-7-8-16(27-2)17(11-13)28-3/h4-9,11,15H,10H2,1-3H3,(H,21,24)(H,22,23)(H,25,26)/t15-/m1/s1. The van der Waals surface area contributed by atoms with Crippen LogP contribution in [0.2, 0.25) is 0 Å². The summed E-state index contributed by atoms with van der Waals surface area (Å²) >= 11 is 0.